The highest BCUT2D eigenvalue weighted by molar-refractivity contribution is 6.31. The first-order valence-electron chi connectivity index (χ1n) is 8.49. The molecule has 2 rings (SSSR count). The normalized spacial score (nSPS) is 14.1. The van der Waals surface area contributed by atoms with Gasteiger partial charge in [-0.1, -0.05) is 11.6 Å². The first-order chi connectivity index (χ1) is 11.6. The van der Waals surface area contributed by atoms with Crippen LogP contribution in [0.1, 0.15) is 37.7 Å². The molecule has 1 saturated heterocycles. The van der Waals surface area contributed by atoms with E-state index in [1.54, 1.807) is 0 Å². The van der Waals surface area contributed by atoms with Crippen molar-refractivity contribution in [3.8, 4) is 5.75 Å². The molecule has 1 aromatic carbocycles. The molecule has 1 N–H and O–H groups in total. The molecule has 0 aromatic heterocycles. The second-order valence-corrected chi connectivity index (χ2v) is 6.46. The number of nitrogens with zero attached hydrogens (tertiary/aromatic N) is 1. The van der Waals surface area contributed by atoms with Gasteiger partial charge in [0, 0.05) is 37.5 Å². The van der Waals surface area contributed by atoms with Crippen LogP contribution >= 0.6 is 11.6 Å². The highest BCUT2D eigenvalue weighted by atomic mass is 35.5. The molecule has 0 aliphatic carbocycles. The van der Waals surface area contributed by atoms with Crippen molar-refractivity contribution in [2.24, 2.45) is 0 Å². The molecule has 1 aliphatic rings. The minimum Gasteiger partial charge on any atom is -0.494 e. The van der Waals surface area contributed by atoms with Crippen molar-refractivity contribution in [3.05, 3.63) is 28.8 Å². The Morgan fingerprint density at radius 1 is 1.38 bits per heavy atom. The molecule has 0 spiro atoms. The Balaban J connectivity index is 1.51. The fourth-order valence-corrected chi connectivity index (χ4v) is 2.77. The van der Waals surface area contributed by atoms with E-state index in [1.807, 2.05) is 30.0 Å². The average molecular weight is 353 g/mol. The number of likely N-dealkylation sites (tertiary alicyclic amines) is 1. The monoisotopic (exact) mass is 352 g/mol. The predicted molar refractivity (Wildman–Crippen MR) is 94.4 cm³/mol. The van der Waals surface area contributed by atoms with Gasteiger partial charge >= 0.3 is 0 Å². The van der Waals surface area contributed by atoms with Gasteiger partial charge in [-0.15, -0.1) is 0 Å². The maximum Gasteiger partial charge on any atom is 0.222 e. The molecule has 1 aliphatic heterocycles. The third-order valence-corrected chi connectivity index (χ3v) is 4.47. The van der Waals surface area contributed by atoms with Crippen molar-refractivity contribution >= 4 is 23.4 Å². The summed E-state index contributed by atoms with van der Waals surface area (Å²) in [5.41, 5.74) is 0.975. The van der Waals surface area contributed by atoms with Gasteiger partial charge in [-0.25, -0.2) is 0 Å². The largest absolute Gasteiger partial charge is 0.494 e. The number of carbonyl (C=O) groups is 2. The first kappa shape index (κ1) is 18.6. The van der Waals surface area contributed by atoms with E-state index < -0.39 is 0 Å². The summed E-state index contributed by atoms with van der Waals surface area (Å²) in [4.78, 5) is 25.1. The smallest absolute Gasteiger partial charge is 0.222 e. The van der Waals surface area contributed by atoms with Crippen LogP contribution in [0.25, 0.3) is 0 Å². The van der Waals surface area contributed by atoms with Crippen LogP contribution in [-0.2, 0) is 9.59 Å². The standard InChI is InChI=1S/C18H25ClN2O3/c1-14-13-15(7-8-16(14)19)24-12-3-5-17(22)20-9-4-11-21-10-2-6-18(21)23/h7-8,13H,2-6,9-12H2,1H3,(H,20,22). The van der Waals surface area contributed by atoms with Gasteiger partial charge in [-0.3, -0.25) is 9.59 Å². The van der Waals surface area contributed by atoms with Crippen molar-refractivity contribution < 1.29 is 14.3 Å². The fraction of sp³-hybridized carbons (Fsp3) is 0.556. The molecule has 0 saturated carbocycles. The number of aryl methyl sites for hydroxylation is 1. The Hall–Kier alpha value is -1.75. The number of amides is 2. The fourth-order valence-electron chi connectivity index (χ4n) is 2.66. The number of ether oxygens (including phenoxy) is 1. The topological polar surface area (TPSA) is 58.6 Å². The van der Waals surface area contributed by atoms with E-state index in [4.69, 9.17) is 16.3 Å². The number of halogens is 1. The van der Waals surface area contributed by atoms with Crippen LogP contribution < -0.4 is 10.1 Å². The molecule has 0 unspecified atom stereocenters. The number of hydrogen-bond acceptors (Lipinski definition) is 3. The minimum atomic E-state index is 0.0265. The molecule has 1 fully saturated rings. The minimum absolute atomic E-state index is 0.0265. The van der Waals surface area contributed by atoms with Crippen LogP contribution in [0, 0.1) is 6.92 Å². The van der Waals surface area contributed by atoms with E-state index in [0.29, 0.717) is 32.4 Å². The number of carbonyl (C=O) groups excluding carboxylic acids is 2. The lowest BCUT2D eigenvalue weighted by Gasteiger charge is -2.15. The second-order valence-electron chi connectivity index (χ2n) is 6.05. The third-order valence-electron chi connectivity index (χ3n) is 4.04. The Kier molecular flexibility index (Phi) is 7.37. The second kappa shape index (κ2) is 9.52. The van der Waals surface area contributed by atoms with E-state index in [1.165, 1.54) is 0 Å². The van der Waals surface area contributed by atoms with E-state index in [-0.39, 0.29) is 11.8 Å². The summed E-state index contributed by atoms with van der Waals surface area (Å²) < 4.78 is 5.61. The van der Waals surface area contributed by atoms with Crippen molar-refractivity contribution in [2.45, 2.75) is 39.0 Å². The van der Waals surface area contributed by atoms with Gasteiger partial charge in [0.1, 0.15) is 5.75 Å². The Morgan fingerprint density at radius 3 is 2.92 bits per heavy atom. The summed E-state index contributed by atoms with van der Waals surface area (Å²) in [5, 5.41) is 3.61. The number of rotatable bonds is 9. The van der Waals surface area contributed by atoms with Gasteiger partial charge < -0.3 is 15.0 Å². The molecule has 6 heteroatoms. The van der Waals surface area contributed by atoms with Gasteiger partial charge in [0.2, 0.25) is 11.8 Å². The molecule has 5 nitrogen and oxygen atoms in total. The molecule has 0 radical (unpaired) electrons. The number of hydrogen-bond donors (Lipinski definition) is 1. The third kappa shape index (κ3) is 6.04. The van der Waals surface area contributed by atoms with Crippen molar-refractivity contribution in [1.82, 2.24) is 10.2 Å². The average Bonchev–Trinajstić information content (AvgIpc) is 2.97. The highest BCUT2D eigenvalue weighted by Crippen LogP contribution is 2.21. The molecule has 24 heavy (non-hydrogen) atoms. The summed E-state index contributed by atoms with van der Waals surface area (Å²) in [6.45, 7) is 4.63. The SMILES string of the molecule is Cc1cc(OCCCC(=O)NCCCN2CCCC2=O)ccc1Cl. The quantitative estimate of drug-likeness (QED) is 0.695. The van der Waals surface area contributed by atoms with Crippen LogP contribution in [-0.4, -0.2) is 43.0 Å². The molecule has 1 aromatic rings. The number of nitrogens with one attached hydrogen (secondary N) is 1. The van der Waals surface area contributed by atoms with E-state index in [2.05, 4.69) is 5.32 Å². The molecular weight excluding hydrogens is 328 g/mol. The summed E-state index contributed by atoms with van der Waals surface area (Å²) in [6.07, 6.45) is 3.53. The van der Waals surface area contributed by atoms with Crippen LogP contribution in [0.4, 0.5) is 0 Å². The van der Waals surface area contributed by atoms with Crippen molar-refractivity contribution in [1.29, 1.82) is 0 Å². The molecular formula is C18H25ClN2O3. The Morgan fingerprint density at radius 2 is 2.21 bits per heavy atom. The van der Waals surface area contributed by atoms with Crippen molar-refractivity contribution in [2.75, 3.05) is 26.2 Å². The van der Waals surface area contributed by atoms with Gasteiger partial charge in [0.05, 0.1) is 6.61 Å². The lowest BCUT2D eigenvalue weighted by atomic mass is 10.2. The maximum atomic E-state index is 11.7. The molecule has 0 atom stereocenters. The first-order valence-corrected chi connectivity index (χ1v) is 8.87. The number of benzene rings is 1. The Labute approximate surface area is 148 Å². The predicted octanol–water partition coefficient (Wildman–Crippen LogP) is 2.94. The van der Waals surface area contributed by atoms with Crippen LogP contribution in [0.15, 0.2) is 18.2 Å². The zero-order chi connectivity index (χ0) is 17.4. The Bertz CT molecular complexity index is 577. The van der Waals surface area contributed by atoms with Gasteiger partial charge in [0.15, 0.2) is 0 Å². The van der Waals surface area contributed by atoms with Crippen LogP contribution in [0.3, 0.4) is 0 Å². The molecule has 1 heterocycles. The maximum absolute atomic E-state index is 11.7. The van der Waals surface area contributed by atoms with E-state index >= 15 is 0 Å². The molecule has 0 bridgehead atoms. The lowest BCUT2D eigenvalue weighted by Crippen LogP contribution is -2.30. The van der Waals surface area contributed by atoms with Crippen LogP contribution in [0.5, 0.6) is 5.75 Å². The molecule has 132 valence electrons. The zero-order valence-electron chi connectivity index (χ0n) is 14.1. The van der Waals surface area contributed by atoms with Gasteiger partial charge in [-0.2, -0.15) is 0 Å². The van der Waals surface area contributed by atoms with E-state index in [9.17, 15) is 9.59 Å². The zero-order valence-corrected chi connectivity index (χ0v) is 14.9. The summed E-state index contributed by atoms with van der Waals surface area (Å²) >= 11 is 5.96. The van der Waals surface area contributed by atoms with Gasteiger partial charge in [0.25, 0.3) is 0 Å². The van der Waals surface area contributed by atoms with Crippen LogP contribution in [0.2, 0.25) is 5.02 Å². The van der Waals surface area contributed by atoms with Crippen molar-refractivity contribution in [3.63, 3.8) is 0 Å². The van der Waals surface area contributed by atoms with Gasteiger partial charge in [-0.05, 0) is 49.9 Å². The summed E-state index contributed by atoms with van der Waals surface area (Å²) in [5.74, 6) is 1.03. The van der Waals surface area contributed by atoms with E-state index in [0.717, 1.165) is 42.3 Å². The highest BCUT2D eigenvalue weighted by Gasteiger charge is 2.18. The molecule has 2 amide bonds. The summed E-state index contributed by atoms with van der Waals surface area (Å²) in [6, 6.07) is 5.53. The lowest BCUT2D eigenvalue weighted by molar-refractivity contribution is -0.127. The summed E-state index contributed by atoms with van der Waals surface area (Å²) in [7, 11) is 0.